The Morgan fingerprint density at radius 2 is 1.88 bits per heavy atom. The number of benzene rings is 2. The van der Waals surface area contributed by atoms with Gasteiger partial charge < -0.3 is 10.1 Å². The van der Waals surface area contributed by atoms with E-state index in [9.17, 15) is 9.59 Å². The second kappa shape index (κ2) is 7.97. The Hall–Kier alpha value is -2.33. The molecule has 0 aromatic heterocycles. The van der Waals surface area contributed by atoms with Crippen LogP contribution in [0.2, 0.25) is 5.02 Å². The van der Waals surface area contributed by atoms with Crippen molar-refractivity contribution in [2.45, 2.75) is 26.8 Å². The molecule has 5 heteroatoms. The van der Waals surface area contributed by atoms with Crippen molar-refractivity contribution in [1.82, 2.24) is 5.32 Å². The first-order valence-electron chi connectivity index (χ1n) is 7.66. The molecule has 0 saturated heterocycles. The first-order valence-corrected chi connectivity index (χ1v) is 8.04. The van der Waals surface area contributed by atoms with E-state index in [2.05, 4.69) is 5.32 Å². The Morgan fingerprint density at radius 1 is 1.17 bits per heavy atom. The molecule has 0 aliphatic rings. The number of hydrogen-bond donors (Lipinski definition) is 1. The molecule has 0 aliphatic heterocycles. The lowest BCUT2D eigenvalue weighted by atomic mass is 10.1. The van der Waals surface area contributed by atoms with Crippen molar-refractivity contribution in [3.05, 3.63) is 69.7 Å². The molecule has 4 nitrogen and oxygen atoms in total. The third-order valence-corrected chi connectivity index (χ3v) is 4.04. The van der Waals surface area contributed by atoms with Crippen LogP contribution in [-0.4, -0.2) is 18.5 Å². The van der Waals surface area contributed by atoms with Gasteiger partial charge in [-0.1, -0.05) is 47.5 Å². The summed E-state index contributed by atoms with van der Waals surface area (Å²) in [5.41, 5.74) is 3.06. The average molecular weight is 346 g/mol. The Labute approximate surface area is 146 Å². The molecule has 1 amide bonds. The minimum atomic E-state index is -0.503. The Morgan fingerprint density at radius 3 is 2.58 bits per heavy atom. The van der Waals surface area contributed by atoms with Crippen molar-refractivity contribution in [3.8, 4) is 0 Å². The smallest absolute Gasteiger partial charge is 0.338 e. The molecular formula is C19H20ClNO3. The average Bonchev–Trinajstić information content (AvgIpc) is 2.55. The predicted molar refractivity (Wildman–Crippen MR) is 94.2 cm³/mol. The minimum absolute atomic E-state index is 0.273. The minimum Gasteiger partial charge on any atom is -0.452 e. The van der Waals surface area contributed by atoms with E-state index >= 15 is 0 Å². The molecule has 0 bridgehead atoms. The fourth-order valence-corrected chi connectivity index (χ4v) is 2.65. The molecule has 0 radical (unpaired) electrons. The molecule has 2 aromatic rings. The number of ether oxygens (including phenoxy) is 1. The van der Waals surface area contributed by atoms with E-state index in [0.29, 0.717) is 10.6 Å². The van der Waals surface area contributed by atoms with Crippen molar-refractivity contribution in [2.24, 2.45) is 0 Å². The van der Waals surface area contributed by atoms with Gasteiger partial charge in [0.2, 0.25) is 0 Å². The van der Waals surface area contributed by atoms with Crippen molar-refractivity contribution in [3.63, 3.8) is 0 Å². The van der Waals surface area contributed by atoms with E-state index < -0.39 is 5.97 Å². The Bertz CT molecular complexity index is 758. The van der Waals surface area contributed by atoms with Gasteiger partial charge >= 0.3 is 5.97 Å². The summed E-state index contributed by atoms with van der Waals surface area (Å²) in [6.45, 7) is 5.22. The first kappa shape index (κ1) is 18.0. The van der Waals surface area contributed by atoms with Crippen LogP contribution in [0.3, 0.4) is 0 Å². The maximum absolute atomic E-state index is 12.1. The van der Waals surface area contributed by atoms with Crippen LogP contribution in [0.15, 0.2) is 42.5 Å². The maximum atomic E-state index is 12.1. The predicted octanol–water partition coefficient (Wildman–Crippen LogP) is 3.99. The third kappa shape index (κ3) is 4.59. The lowest BCUT2D eigenvalue weighted by Crippen LogP contribution is -2.31. The SMILES string of the molecule is Cc1ccc(C)c(C(=O)OCC(=O)N[C@H](C)c2ccccc2Cl)c1. The highest BCUT2D eigenvalue weighted by atomic mass is 35.5. The molecule has 0 fully saturated rings. The number of amides is 1. The lowest BCUT2D eigenvalue weighted by Gasteiger charge is -2.16. The summed E-state index contributed by atoms with van der Waals surface area (Å²) >= 11 is 6.11. The fraction of sp³-hybridized carbons (Fsp3) is 0.263. The van der Waals surface area contributed by atoms with Crippen molar-refractivity contribution >= 4 is 23.5 Å². The van der Waals surface area contributed by atoms with Gasteiger partial charge in [0.15, 0.2) is 6.61 Å². The number of nitrogens with one attached hydrogen (secondary N) is 1. The van der Waals surface area contributed by atoms with E-state index in [1.165, 1.54) is 0 Å². The van der Waals surface area contributed by atoms with Crippen LogP contribution < -0.4 is 5.32 Å². The van der Waals surface area contributed by atoms with Crippen LogP contribution in [0.4, 0.5) is 0 Å². The molecule has 0 heterocycles. The summed E-state index contributed by atoms with van der Waals surface area (Å²) in [4.78, 5) is 24.1. The molecule has 126 valence electrons. The van der Waals surface area contributed by atoms with Gasteiger partial charge in [0, 0.05) is 5.02 Å². The van der Waals surface area contributed by atoms with Crippen LogP contribution >= 0.6 is 11.6 Å². The zero-order valence-corrected chi connectivity index (χ0v) is 14.7. The fourth-order valence-electron chi connectivity index (χ4n) is 2.35. The maximum Gasteiger partial charge on any atom is 0.338 e. The largest absolute Gasteiger partial charge is 0.452 e. The molecular weight excluding hydrogens is 326 g/mol. The quantitative estimate of drug-likeness (QED) is 0.833. The highest BCUT2D eigenvalue weighted by Crippen LogP contribution is 2.22. The van der Waals surface area contributed by atoms with Crippen LogP contribution in [-0.2, 0) is 9.53 Å². The Kier molecular flexibility index (Phi) is 5.99. The third-order valence-electron chi connectivity index (χ3n) is 3.70. The van der Waals surface area contributed by atoms with Crippen LogP contribution in [0.1, 0.15) is 40.0 Å². The summed E-state index contributed by atoms with van der Waals surface area (Å²) in [6.07, 6.45) is 0. The number of halogens is 1. The molecule has 0 aliphatic carbocycles. The number of rotatable bonds is 5. The molecule has 1 N–H and O–H groups in total. The molecule has 0 unspecified atom stereocenters. The molecule has 1 atom stereocenters. The van der Waals surface area contributed by atoms with E-state index in [1.54, 1.807) is 12.1 Å². The van der Waals surface area contributed by atoms with Crippen LogP contribution in [0.25, 0.3) is 0 Å². The highest BCUT2D eigenvalue weighted by Gasteiger charge is 2.15. The van der Waals surface area contributed by atoms with E-state index in [-0.39, 0.29) is 18.6 Å². The van der Waals surface area contributed by atoms with Crippen molar-refractivity contribution in [1.29, 1.82) is 0 Å². The van der Waals surface area contributed by atoms with Gasteiger partial charge in [-0.05, 0) is 44.0 Å². The summed E-state index contributed by atoms with van der Waals surface area (Å²) in [7, 11) is 0. The van der Waals surface area contributed by atoms with E-state index in [1.807, 2.05) is 51.1 Å². The number of esters is 1. The van der Waals surface area contributed by atoms with E-state index in [0.717, 1.165) is 16.7 Å². The molecule has 0 saturated carbocycles. The number of carbonyl (C=O) groups is 2. The summed E-state index contributed by atoms with van der Waals surface area (Å²) in [5.74, 6) is -0.877. The second-order valence-electron chi connectivity index (χ2n) is 5.71. The summed E-state index contributed by atoms with van der Waals surface area (Å²) < 4.78 is 5.11. The summed E-state index contributed by atoms with van der Waals surface area (Å²) in [6, 6.07) is 12.5. The van der Waals surface area contributed by atoms with Gasteiger partial charge in [0.25, 0.3) is 5.91 Å². The lowest BCUT2D eigenvalue weighted by molar-refractivity contribution is -0.124. The number of carbonyl (C=O) groups excluding carboxylic acids is 2. The molecule has 0 spiro atoms. The summed E-state index contributed by atoms with van der Waals surface area (Å²) in [5, 5.41) is 3.35. The van der Waals surface area contributed by atoms with Gasteiger partial charge in [0.1, 0.15) is 0 Å². The molecule has 24 heavy (non-hydrogen) atoms. The van der Waals surface area contributed by atoms with Crippen molar-refractivity contribution in [2.75, 3.05) is 6.61 Å². The zero-order chi connectivity index (χ0) is 17.7. The van der Waals surface area contributed by atoms with Crippen molar-refractivity contribution < 1.29 is 14.3 Å². The van der Waals surface area contributed by atoms with Gasteiger partial charge in [-0.15, -0.1) is 0 Å². The highest BCUT2D eigenvalue weighted by molar-refractivity contribution is 6.31. The molecule has 2 aromatic carbocycles. The molecule has 2 rings (SSSR count). The number of hydrogen-bond acceptors (Lipinski definition) is 3. The van der Waals surface area contributed by atoms with Gasteiger partial charge in [-0.2, -0.15) is 0 Å². The first-order chi connectivity index (χ1) is 11.4. The van der Waals surface area contributed by atoms with Crippen LogP contribution in [0.5, 0.6) is 0 Å². The standard InChI is InChI=1S/C19H20ClNO3/c1-12-8-9-13(2)16(10-12)19(23)24-11-18(22)21-14(3)15-6-4-5-7-17(15)20/h4-10,14H,11H2,1-3H3,(H,21,22)/t14-/m1/s1. The Balaban J connectivity index is 1.92. The van der Waals surface area contributed by atoms with Crippen LogP contribution in [0, 0.1) is 13.8 Å². The monoisotopic (exact) mass is 345 g/mol. The van der Waals surface area contributed by atoms with E-state index in [4.69, 9.17) is 16.3 Å². The van der Waals surface area contributed by atoms with Gasteiger partial charge in [0.05, 0.1) is 11.6 Å². The van der Waals surface area contributed by atoms with Gasteiger partial charge in [-0.25, -0.2) is 4.79 Å². The number of aryl methyl sites for hydroxylation is 2. The van der Waals surface area contributed by atoms with Gasteiger partial charge in [-0.3, -0.25) is 4.79 Å². The second-order valence-corrected chi connectivity index (χ2v) is 6.11. The normalized spacial score (nSPS) is 11.7. The topological polar surface area (TPSA) is 55.4 Å². The zero-order valence-electron chi connectivity index (χ0n) is 13.9.